The summed E-state index contributed by atoms with van der Waals surface area (Å²) in [5.41, 5.74) is 6.43. The Labute approximate surface area is 99.3 Å². The molecule has 17 heavy (non-hydrogen) atoms. The van der Waals surface area contributed by atoms with Crippen LogP contribution in [0.1, 0.15) is 25.2 Å². The van der Waals surface area contributed by atoms with Gasteiger partial charge in [-0.25, -0.2) is 0 Å². The molecule has 0 spiro atoms. The molecule has 5 heteroatoms. The zero-order chi connectivity index (χ0) is 12.3. The van der Waals surface area contributed by atoms with Crippen molar-refractivity contribution in [3.05, 3.63) is 30.2 Å². The average Bonchev–Trinajstić information content (AvgIpc) is 2.81. The summed E-state index contributed by atoms with van der Waals surface area (Å²) >= 11 is 0. The van der Waals surface area contributed by atoms with Crippen LogP contribution in [0.4, 0.5) is 0 Å². The lowest BCUT2D eigenvalue weighted by molar-refractivity contribution is 0.351. The van der Waals surface area contributed by atoms with Gasteiger partial charge in [0.15, 0.2) is 0 Å². The molecule has 90 valence electrons. The van der Waals surface area contributed by atoms with Crippen molar-refractivity contribution in [2.24, 2.45) is 5.73 Å². The molecular formula is C12H15N3O2. The van der Waals surface area contributed by atoms with Gasteiger partial charge in [-0.1, -0.05) is 12.1 Å². The van der Waals surface area contributed by atoms with Crippen molar-refractivity contribution in [2.45, 2.75) is 19.3 Å². The van der Waals surface area contributed by atoms with Gasteiger partial charge in [0.1, 0.15) is 5.75 Å². The first-order valence-corrected chi connectivity index (χ1v) is 5.57. The van der Waals surface area contributed by atoms with Gasteiger partial charge in [-0.3, -0.25) is 0 Å². The normalized spacial score (nSPS) is 12.6. The maximum atomic E-state index is 9.19. The van der Waals surface area contributed by atoms with Gasteiger partial charge < -0.3 is 15.4 Å². The Morgan fingerprint density at radius 1 is 1.35 bits per heavy atom. The molecule has 0 fully saturated rings. The zero-order valence-electron chi connectivity index (χ0n) is 9.63. The molecule has 3 N–H and O–H groups in total. The zero-order valence-corrected chi connectivity index (χ0v) is 9.63. The Morgan fingerprint density at radius 2 is 2.06 bits per heavy atom. The van der Waals surface area contributed by atoms with Crippen molar-refractivity contribution in [3.63, 3.8) is 0 Å². The van der Waals surface area contributed by atoms with E-state index >= 15 is 0 Å². The van der Waals surface area contributed by atoms with E-state index in [1.54, 1.807) is 24.3 Å². The minimum atomic E-state index is 0.105. The minimum Gasteiger partial charge on any atom is -0.508 e. The van der Waals surface area contributed by atoms with E-state index in [1.807, 2.05) is 6.92 Å². The number of hydrogen-bond acceptors (Lipinski definition) is 5. The summed E-state index contributed by atoms with van der Waals surface area (Å²) in [7, 11) is 0. The van der Waals surface area contributed by atoms with Gasteiger partial charge in [0, 0.05) is 12.1 Å². The Bertz CT molecular complexity index is 475. The molecule has 0 bridgehead atoms. The predicted octanol–water partition coefficient (Wildman–Crippen LogP) is 1.89. The molecule has 1 atom stereocenters. The second kappa shape index (κ2) is 4.97. The van der Waals surface area contributed by atoms with Crippen molar-refractivity contribution in [2.75, 3.05) is 6.54 Å². The largest absolute Gasteiger partial charge is 0.508 e. The Balaban J connectivity index is 2.26. The van der Waals surface area contributed by atoms with E-state index in [1.165, 1.54) is 0 Å². The maximum absolute atomic E-state index is 9.19. The molecule has 0 aliphatic carbocycles. The van der Waals surface area contributed by atoms with Crippen molar-refractivity contribution in [1.29, 1.82) is 0 Å². The van der Waals surface area contributed by atoms with Gasteiger partial charge in [-0.2, -0.15) is 4.98 Å². The summed E-state index contributed by atoms with van der Waals surface area (Å²) in [5, 5.41) is 13.1. The summed E-state index contributed by atoms with van der Waals surface area (Å²) in [6.45, 7) is 2.52. The summed E-state index contributed by atoms with van der Waals surface area (Å²) < 4.78 is 5.19. The molecule has 2 aromatic rings. The third-order valence-electron chi connectivity index (χ3n) is 2.69. The number of aromatic hydroxyl groups is 1. The lowest BCUT2D eigenvalue weighted by Gasteiger charge is -2.04. The van der Waals surface area contributed by atoms with Crippen LogP contribution in [0.3, 0.4) is 0 Å². The van der Waals surface area contributed by atoms with Crippen LogP contribution in [0.25, 0.3) is 11.4 Å². The fourth-order valence-electron chi connectivity index (χ4n) is 1.57. The van der Waals surface area contributed by atoms with E-state index in [0.717, 1.165) is 12.0 Å². The first-order valence-electron chi connectivity index (χ1n) is 5.57. The number of phenols is 1. The van der Waals surface area contributed by atoms with Crippen LogP contribution >= 0.6 is 0 Å². The van der Waals surface area contributed by atoms with E-state index in [4.69, 9.17) is 10.3 Å². The molecule has 1 unspecified atom stereocenters. The van der Waals surface area contributed by atoms with Crippen molar-refractivity contribution < 1.29 is 9.63 Å². The maximum Gasteiger partial charge on any atom is 0.231 e. The van der Waals surface area contributed by atoms with Crippen LogP contribution in [0.5, 0.6) is 5.75 Å². The van der Waals surface area contributed by atoms with Crippen molar-refractivity contribution in [3.8, 4) is 17.1 Å². The number of benzene rings is 1. The topological polar surface area (TPSA) is 85.2 Å². The average molecular weight is 233 g/mol. The third-order valence-corrected chi connectivity index (χ3v) is 2.69. The fraction of sp³-hybridized carbons (Fsp3) is 0.333. The highest BCUT2D eigenvalue weighted by Crippen LogP contribution is 2.22. The van der Waals surface area contributed by atoms with Crippen LogP contribution in [0.2, 0.25) is 0 Å². The monoisotopic (exact) mass is 233 g/mol. The van der Waals surface area contributed by atoms with Gasteiger partial charge in [0.25, 0.3) is 0 Å². The molecule has 0 aliphatic rings. The number of phenolic OH excluding ortho intramolecular Hbond substituents is 1. The highest BCUT2D eigenvalue weighted by atomic mass is 16.5. The van der Waals surface area contributed by atoms with E-state index in [9.17, 15) is 5.11 Å². The molecule has 1 heterocycles. The summed E-state index contributed by atoms with van der Waals surface area (Å²) in [4.78, 5) is 4.31. The number of nitrogens with zero attached hydrogens (tertiary/aromatic N) is 2. The van der Waals surface area contributed by atoms with E-state index in [-0.39, 0.29) is 11.7 Å². The quantitative estimate of drug-likeness (QED) is 0.842. The first kappa shape index (κ1) is 11.6. The second-order valence-corrected chi connectivity index (χ2v) is 3.84. The Kier molecular flexibility index (Phi) is 3.39. The SMILES string of the molecule is CCC(CN)c1nc(-c2ccc(O)cc2)no1. The number of rotatable bonds is 4. The molecule has 1 aromatic heterocycles. The van der Waals surface area contributed by atoms with E-state index in [0.29, 0.717) is 18.3 Å². The van der Waals surface area contributed by atoms with Crippen LogP contribution in [0.15, 0.2) is 28.8 Å². The first-order chi connectivity index (χ1) is 8.24. The van der Waals surface area contributed by atoms with E-state index < -0.39 is 0 Å². The van der Waals surface area contributed by atoms with Crippen LogP contribution < -0.4 is 5.73 Å². The minimum absolute atomic E-state index is 0.105. The molecule has 2 rings (SSSR count). The standard InChI is InChI=1S/C12H15N3O2/c1-2-8(7-13)12-14-11(15-17-12)9-3-5-10(16)6-4-9/h3-6,8,16H,2,7,13H2,1H3. The van der Waals surface area contributed by atoms with Gasteiger partial charge >= 0.3 is 0 Å². The predicted molar refractivity (Wildman–Crippen MR) is 63.5 cm³/mol. The number of nitrogens with two attached hydrogens (primary N) is 1. The lowest BCUT2D eigenvalue weighted by atomic mass is 10.1. The molecule has 1 aromatic carbocycles. The van der Waals surface area contributed by atoms with Crippen LogP contribution in [-0.2, 0) is 0 Å². The lowest BCUT2D eigenvalue weighted by Crippen LogP contribution is -2.11. The van der Waals surface area contributed by atoms with Gasteiger partial charge in [0.2, 0.25) is 11.7 Å². The van der Waals surface area contributed by atoms with Crippen molar-refractivity contribution >= 4 is 0 Å². The molecular weight excluding hydrogens is 218 g/mol. The molecule has 0 saturated carbocycles. The Morgan fingerprint density at radius 3 is 2.65 bits per heavy atom. The Hall–Kier alpha value is -1.88. The molecule has 0 radical (unpaired) electrons. The fourth-order valence-corrected chi connectivity index (χ4v) is 1.57. The number of hydrogen-bond donors (Lipinski definition) is 2. The van der Waals surface area contributed by atoms with Gasteiger partial charge in [0.05, 0.1) is 5.92 Å². The van der Waals surface area contributed by atoms with Gasteiger partial charge in [-0.05, 0) is 30.7 Å². The summed E-state index contributed by atoms with van der Waals surface area (Å²) in [6, 6.07) is 6.66. The number of aromatic nitrogens is 2. The summed E-state index contributed by atoms with van der Waals surface area (Å²) in [5.74, 6) is 1.41. The van der Waals surface area contributed by atoms with Crippen molar-refractivity contribution in [1.82, 2.24) is 10.1 Å². The molecule has 0 aliphatic heterocycles. The van der Waals surface area contributed by atoms with Crippen LogP contribution in [0, 0.1) is 0 Å². The molecule has 0 amide bonds. The van der Waals surface area contributed by atoms with Crippen LogP contribution in [-0.4, -0.2) is 21.8 Å². The second-order valence-electron chi connectivity index (χ2n) is 3.84. The van der Waals surface area contributed by atoms with Gasteiger partial charge in [-0.15, -0.1) is 0 Å². The molecule has 5 nitrogen and oxygen atoms in total. The smallest absolute Gasteiger partial charge is 0.231 e. The summed E-state index contributed by atoms with van der Waals surface area (Å²) in [6.07, 6.45) is 0.869. The highest BCUT2D eigenvalue weighted by molar-refractivity contribution is 5.55. The highest BCUT2D eigenvalue weighted by Gasteiger charge is 2.16. The third kappa shape index (κ3) is 2.45. The molecule has 0 saturated heterocycles. The van der Waals surface area contributed by atoms with E-state index in [2.05, 4.69) is 10.1 Å².